The SMILES string of the molecule is CC(Sc1ccc2c(c1)CCC2)c1ccc(C(=O)O)o1. The first-order valence-electron chi connectivity index (χ1n) is 6.75. The summed E-state index contributed by atoms with van der Waals surface area (Å²) in [5, 5.41) is 8.97. The second kappa shape index (κ2) is 5.37. The molecule has 0 bridgehead atoms. The van der Waals surface area contributed by atoms with Crippen LogP contribution in [0.1, 0.15) is 46.0 Å². The molecule has 1 aliphatic carbocycles. The first kappa shape index (κ1) is 13.3. The molecule has 1 heterocycles. The molecule has 3 rings (SSSR count). The van der Waals surface area contributed by atoms with Crippen LogP contribution < -0.4 is 0 Å². The van der Waals surface area contributed by atoms with Crippen LogP contribution in [0.5, 0.6) is 0 Å². The number of carbonyl (C=O) groups is 1. The third-order valence-electron chi connectivity index (χ3n) is 3.62. The van der Waals surface area contributed by atoms with E-state index in [0.717, 1.165) is 0 Å². The summed E-state index contributed by atoms with van der Waals surface area (Å²) in [6.07, 6.45) is 3.61. The molecular weight excluding hydrogens is 272 g/mol. The van der Waals surface area contributed by atoms with E-state index in [2.05, 4.69) is 18.2 Å². The van der Waals surface area contributed by atoms with Crippen molar-refractivity contribution in [2.75, 3.05) is 0 Å². The van der Waals surface area contributed by atoms with E-state index in [1.807, 2.05) is 6.92 Å². The Morgan fingerprint density at radius 1 is 1.25 bits per heavy atom. The Morgan fingerprint density at radius 3 is 2.80 bits per heavy atom. The summed E-state index contributed by atoms with van der Waals surface area (Å²) in [5.41, 5.74) is 2.92. The van der Waals surface area contributed by atoms with Crippen LogP contribution in [0.2, 0.25) is 0 Å². The maximum Gasteiger partial charge on any atom is 0.371 e. The number of rotatable bonds is 4. The van der Waals surface area contributed by atoms with E-state index in [9.17, 15) is 4.79 Å². The molecule has 1 aliphatic rings. The van der Waals surface area contributed by atoms with Crippen molar-refractivity contribution in [1.29, 1.82) is 0 Å². The van der Waals surface area contributed by atoms with E-state index in [-0.39, 0.29) is 11.0 Å². The maximum absolute atomic E-state index is 10.8. The summed E-state index contributed by atoms with van der Waals surface area (Å²) >= 11 is 1.70. The predicted molar refractivity (Wildman–Crippen MR) is 78.4 cm³/mol. The lowest BCUT2D eigenvalue weighted by atomic mass is 10.1. The van der Waals surface area contributed by atoms with Crippen molar-refractivity contribution in [1.82, 2.24) is 0 Å². The molecule has 0 saturated carbocycles. The molecule has 20 heavy (non-hydrogen) atoms. The summed E-state index contributed by atoms with van der Waals surface area (Å²) in [6.45, 7) is 2.03. The number of hydrogen-bond donors (Lipinski definition) is 1. The van der Waals surface area contributed by atoms with Gasteiger partial charge in [-0.2, -0.15) is 0 Å². The Kier molecular flexibility index (Phi) is 3.57. The Bertz CT molecular complexity index is 645. The molecule has 1 atom stereocenters. The van der Waals surface area contributed by atoms with Crippen LogP contribution in [0.15, 0.2) is 39.6 Å². The minimum absolute atomic E-state index is 0.00130. The fraction of sp³-hybridized carbons (Fsp3) is 0.312. The minimum Gasteiger partial charge on any atom is -0.475 e. The number of carboxylic acid groups (broad SMARTS) is 1. The molecule has 0 radical (unpaired) electrons. The van der Waals surface area contributed by atoms with E-state index in [1.54, 1.807) is 17.8 Å². The molecule has 1 aromatic carbocycles. The molecule has 0 spiro atoms. The quantitative estimate of drug-likeness (QED) is 0.851. The van der Waals surface area contributed by atoms with Gasteiger partial charge in [0.1, 0.15) is 5.76 Å². The minimum atomic E-state index is -1.02. The second-order valence-corrected chi connectivity index (χ2v) is 6.47. The highest BCUT2D eigenvalue weighted by atomic mass is 32.2. The van der Waals surface area contributed by atoms with Crippen LogP contribution in [0.25, 0.3) is 0 Å². The van der Waals surface area contributed by atoms with Crippen LogP contribution in [0, 0.1) is 0 Å². The molecule has 1 aromatic heterocycles. The third kappa shape index (κ3) is 2.61. The molecule has 104 valence electrons. The van der Waals surface area contributed by atoms with Gasteiger partial charge in [-0.15, -0.1) is 11.8 Å². The van der Waals surface area contributed by atoms with Crippen LogP contribution in [-0.4, -0.2) is 11.1 Å². The van der Waals surface area contributed by atoms with Gasteiger partial charge in [0.05, 0.1) is 5.25 Å². The average Bonchev–Trinajstić information content (AvgIpc) is 3.07. The number of furan rings is 1. The average molecular weight is 288 g/mol. The van der Waals surface area contributed by atoms with Gasteiger partial charge in [0.25, 0.3) is 0 Å². The molecule has 2 aromatic rings. The van der Waals surface area contributed by atoms with Crippen molar-refractivity contribution in [3.05, 3.63) is 53.0 Å². The molecule has 1 unspecified atom stereocenters. The highest BCUT2D eigenvalue weighted by Crippen LogP contribution is 2.37. The molecular formula is C16H16O3S. The van der Waals surface area contributed by atoms with Crippen molar-refractivity contribution >= 4 is 17.7 Å². The molecule has 0 aliphatic heterocycles. The van der Waals surface area contributed by atoms with Gasteiger partial charge in [-0.05, 0) is 61.6 Å². The smallest absolute Gasteiger partial charge is 0.371 e. The first-order valence-corrected chi connectivity index (χ1v) is 7.63. The number of aryl methyl sites for hydroxylation is 2. The zero-order chi connectivity index (χ0) is 14.1. The van der Waals surface area contributed by atoms with E-state index in [4.69, 9.17) is 9.52 Å². The lowest BCUT2D eigenvalue weighted by Crippen LogP contribution is -1.92. The van der Waals surface area contributed by atoms with Gasteiger partial charge >= 0.3 is 5.97 Å². The highest BCUT2D eigenvalue weighted by Gasteiger charge is 2.17. The van der Waals surface area contributed by atoms with Crippen LogP contribution in [0.4, 0.5) is 0 Å². The van der Waals surface area contributed by atoms with Gasteiger partial charge in [-0.3, -0.25) is 0 Å². The summed E-state index contributed by atoms with van der Waals surface area (Å²) in [6, 6.07) is 9.87. The number of aromatic carboxylic acids is 1. The summed E-state index contributed by atoms with van der Waals surface area (Å²) in [4.78, 5) is 12.0. The van der Waals surface area contributed by atoms with Crippen LogP contribution >= 0.6 is 11.8 Å². The van der Waals surface area contributed by atoms with Crippen LogP contribution in [0.3, 0.4) is 0 Å². The number of fused-ring (bicyclic) bond motifs is 1. The lowest BCUT2D eigenvalue weighted by Gasteiger charge is -2.10. The van der Waals surface area contributed by atoms with Crippen molar-refractivity contribution in [2.24, 2.45) is 0 Å². The zero-order valence-electron chi connectivity index (χ0n) is 11.3. The van der Waals surface area contributed by atoms with E-state index >= 15 is 0 Å². The van der Waals surface area contributed by atoms with Gasteiger partial charge < -0.3 is 9.52 Å². The van der Waals surface area contributed by atoms with E-state index < -0.39 is 5.97 Å². The molecule has 4 heteroatoms. The third-order valence-corrected chi connectivity index (χ3v) is 4.73. The van der Waals surface area contributed by atoms with Gasteiger partial charge in [-0.25, -0.2) is 4.79 Å². The van der Waals surface area contributed by atoms with E-state index in [0.29, 0.717) is 5.76 Å². The number of hydrogen-bond acceptors (Lipinski definition) is 3. The van der Waals surface area contributed by atoms with Crippen LogP contribution in [-0.2, 0) is 12.8 Å². The monoisotopic (exact) mass is 288 g/mol. The Labute approximate surface area is 122 Å². The lowest BCUT2D eigenvalue weighted by molar-refractivity contribution is 0.0660. The molecule has 0 amide bonds. The van der Waals surface area contributed by atoms with Gasteiger partial charge in [-0.1, -0.05) is 6.07 Å². The largest absolute Gasteiger partial charge is 0.475 e. The summed E-state index contributed by atoms with van der Waals surface area (Å²) in [5.74, 6) is -0.319. The maximum atomic E-state index is 10.8. The highest BCUT2D eigenvalue weighted by molar-refractivity contribution is 7.99. The fourth-order valence-corrected chi connectivity index (χ4v) is 3.58. The van der Waals surface area contributed by atoms with Gasteiger partial charge in [0, 0.05) is 4.90 Å². The van der Waals surface area contributed by atoms with Gasteiger partial charge in [0.15, 0.2) is 0 Å². The normalized spacial score (nSPS) is 15.1. The number of benzene rings is 1. The Hall–Kier alpha value is -1.68. The van der Waals surface area contributed by atoms with E-state index in [1.165, 1.54) is 41.4 Å². The van der Waals surface area contributed by atoms with Gasteiger partial charge in [0.2, 0.25) is 5.76 Å². The van der Waals surface area contributed by atoms with Crippen molar-refractivity contribution in [3.8, 4) is 0 Å². The Morgan fingerprint density at radius 2 is 2.05 bits per heavy atom. The molecule has 0 saturated heterocycles. The molecule has 0 fully saturated rings. The number of carboxylic acids is 1. The van der Waals surface area contributed by atoms with Crippen molar-refractivity contribution in [3.63, 3.8) is 0 Å². The Balaban J connectivity index is 1.74. The topological polar surface area (TPSA) is 50.4 Å². The van der Waals surface area contributed by atoms with Crippen molar-refractivity contribution < 1.29 is 14.3 Å². The predicted octanol–water partition coefficient (Wildman–Crippen LogP) is 4.32. The summed E-state index contributed by atoms with van der Waals surface area (Å²) in [7, 11) is 0. The van der Waals surface area contributed by atoms with Crippen molar-refractivity contribution in [2.45, 2.75) is 36.3 Å². The number of thioether (sulfide) groups is 1. The standard InChI is InChI=1S/C16H16O3S/c1-10(14-7-8-15(19-14)16(17)18)20-13-6-5-11-3-2-4-12(11)9-13/h5-10H,2-4H2,1H3,(H,17,18). The fourth-order valence-electron chi connectivity index (χ4n) is 2.57. The summed E-state index contributed by atoms with van der Waals surface area (Å²) < 4.78 is 5.35. The zero-order valence-corrected chi connectivity index (χ0v) is 12.1. The molecule has 3 nitrogen and oxygen atoms in total. The molecule has 1 N–H and O–H groups in total. The first-order chi connectivity index (χ1) is 9.63. The second-order valence-electron chi connectivity index (χ2n) is 5.05.